The van der Waals surface area contributed by atoms with E-state index >= 15 is 0 Å². The summed E-state index contributed by atoms with van der Waals surface area (Å²) in [5.74, 6) is 0.284. The zero-order chi connectivity index (χ0) is 21.3. The maximum absolute atomic E-state index is 12.8. The number of anilines is 1. The number of aliphatic hydroxyl groups is 2. The van der Waals surface area contributed by atoms with Crippen LogP contribution in [0.25, 0.3) is 0 Å². The van der Waals surface area contributed by atoms with E-state index in [1.807, 2.05) is 24.3 Å². The highest BCUT2D eigenvalue weighted by Crippen LogP contribution is 2.36. The normalized spacial score (nSPS) is 27.9. The number of nitrogens with one attached hydrogen (secondary N) is 1. The highest BCUT2D eigenvalue weighted by Gasteiger charge is 2.40. The van der Waals surface area contributed by atoms with Gasteiger partial charge in [-0.15, -0.1) is 0 Å². The first-order chi connectivity index (χ1) is 14.3. The predicted molar refractivity (Wildman–Crippen MR) is 103 cm³/mol. The minimum Gasteiger partial charge on any atom is -0.388 e. The quantitative estimate of drug-likeness (QED) is 0.699. The Morgan fingerprint density at radius 2 is 1.63 bits per heavy atom. The molecular weight excluding hydrogens is 399 g/mol. The number of benzene rings is 1. The van der Waals surface area contributed by atoms with Gasteiger partial charge in [-0.25, -0.2) is 9.97 Å². The molecule has 1 aliphatic heterocycles. The van der Waals surface area contributed by atoms with E-state index in [-0.39, 0.29) is 12.6 Å². The van der Waals surface area contributed by atoms with Crippen molar-refractivity contribution >= 4 is 5.95 Å². The molecule has 2 aliphatic rings. The minimum absolute atomic E-state index is 0.0210. The molecule has 4 atom stereocenters. The topological polar surface area (TPSA) is 87.5 Å². The lowest BCUT2D eigenvalue weighted by Crippen LogP contribution is -2.52. The minimum atomic E-state index is -4.60. The van der Waals surface area contributed by atoms with E-state index in [1.54, 1.807) is 0 Å². The van der Waals surface area contributed by atoms with Gasteiger partial charge in [-0.2, -0.15) is 13.2 Å². The summed E-state index contributed by atoms with van der Waals surface area (Å²) in [7, 11) is 0. The average Bonchev–Trinajstić information content (AvgIpc) is 3.26. The van der Waals surface area contributed by atoms with Crippen LogP contribution < -0.4 is 5.32 Å². The van der Waals surface area contributed by atoms with Crippen molar-refractivity contribution in [3.05, 3.63) is 53.3 Å². The molecule has 162 valence electrons. The first-order valence-electron chi connectivity index (χ1n) is 10.1. The van der Waals surface area contributed by atoms with Gasteiger partial charge in [0.2, 0.25) is 5.95 Å². The Morgan fingerprint density at radius 3 is 2.30 bits per heavy atom. The number of hydrogen-bond donors (Lipinski definition) is 3. The van der Waals surface area contributed by atoms with Crippen molar-refractivity contribution in [2.45, 2.75) is 62.1 Å². The van der Waals surface area contributed by atoms with Gasteiger partial charge in [0.05, 0.1) is 12.6 Å². The largest absolute Gasteiger partial charge is 0.433 e. The number of rotatable bonds is 4. The fraction of sp³-hybridized carbons (Fsp3) is 0.524. The molecule has 1 saturated carbocycles. The maximum atomic E-state index is 12.8. The summed E-state index contributed by atoms with van der Waals surface area (Å²) in [4.78, 5) is 7.19. The summed E-state index contributed by atoms with van der Waals surface area (Å²) in [6, 6.07) is 7.79. The van der Waals surface area contributed by atoms with Crippen LogP contribution in [-0.2, 0) is 10.9 Å². The maximum Gasteiger partial charge on any atom is 0.433 e. The molecule has 30 heavy (non-hydrogen) atoms. The van der Waals surface area contributed by atoms with Crippen LogP contribution in [0.3, 0.4) is 0 Å². The van der Waals surface area contributed by atoms with Crippen LogP contribution in [-0.4, -0.2) is 45.0 Å². The third-order valence-corrected chi connectivity index (χ3v) is 5.88. The first kappa shape index (κ1) is 21.0. The van der Waals surface area contributed by atoms with E-state index in [0.29, 0.717) is 5.92 Å². The lowest BCUT2D eigenvalue weighted by atomic mass is 9.91. The van der Waals surface area contributed by atoms with Crippen LogP contribution in [0.1, 0.15) is 54.5 Å². The number of aromatic nitrogens is 2. The monoisotopic (exact) mass is 423 g/mol. The number of aliphatic hydroxyl groups excluding tert-OH is 2. The molecule has 0 spiro atoms. The summed E-state index contributed by atoms with van der Waals surface area (Å²) in [5, 5.41) is 23.7. The van der Waals surface area contributed by atoms with E-state index in [0.717, 1.165) is 17.8 Å². The number of hydrogen-bond acceptors (Lipinski definition) is 6. The van der Waals surface area contributed by atoms with E-state index in [1.165, 1.54) is 31.2 Å². The molecule has 0 radical (unpaired) electrons. The molecule has 1 aromatic heterocycles. The molecule has 2 aromatic rings. The van der Waals surface area contributed by atoms with Crippen molar-refractivity contribution in [3.8, 4) is 0 Å². The van der Waals surface area contributed by atoms with Crippen LogP contribution in [0.4, 0.5) is 19.1 Å². The van der Waals surface area contributed by atoms with Crippen LogP contribution in [0.15, 0.2) is 36.5 Å². The van der Waals surface area contributed by atoms with Gasteiger partial charge in [-0.3, -0.25) is 0 Å². The summed E-state index contributed by atoms with van der Waals surface area (Å²) in [5.41, 5.74) is 0.924. The Bertz CT molecular complexity index is 857. The molecule has 1 aromatic carbocycles. The van der Waals surface area contributed by atoms with Gasteiger partial charge in [0.15, 0.2) is 0 Å². The Balaban J connectivity index is 1.42. The van der Waals surface area contributed by atoms with E-state index in [4.69, 9.17) is 4.74 Å². The highest BCUT2D eigenvalue weighted by atomic mass is 19.4. The van der Waals surface area contributed by atoms with Crippen LogP contribution >= 0.6 is 0 Å². The second-order valence-electron chi connectivity index (χ2n) is 7.90. The van der Waals surface area contributed by atoms with Crippen molar-refractivity contribution < 1.29 is 28.1 Å². The van der Waals surface area contributed by atoms with Gasteiger partial charge in [-0.05, 0) is 36.0 Å². The molecule has 9 heteroatoms. The predicted octanol–water partition coefficient (Wildman–Crippen LogP) is 3.43. The smallest absolute Gasteiger partial charge is 0.388 e. The molecule has 0 bridgehead atoms. The average molecular weight is 423 g/mol. The molecule has 4 rings (SSSR count). The third-order valence-electron chi connectivity index (χ3n) is 5.88. The SMILES string of the molecule is O[C@@H]1[C@H](O)[C@H](Nc2nccc(C(F)(F)F)n2)CO[C@@H]1c1ccc(C2CCCC2)cc1. The zero-order valence-corrected chi connectivity index (χ0v) is 16.2. The van der Waals surface area contributed by atoms with Crippen molar-refractivity contribution in [2.75, 3.05) is 11.9 Å². The molecule has 2 fully saturated rings. The summed E-state index contributed by atoms with van der Waals surface area (Å²) in [6.07, 6.45) is -2.00. The molecule has 2 heterocycles. The van der Waals surface area contributed by atoms with Crippen LogP contribution in [0.5, 0.6) is 0 Å². The van der Waals surface area contributed by atoms with Gasteiger partial charge in [-0.1, -0.05) is 37.1 Å². The summed E-state index contributed by atoms with van der Waals surface area (Å²) in [6.45, 7) is -0.0210. The Labute approximate surface area is 172 Å². The van der Waals surface area contributed by atoms with Gasteiger partial charge in [0.25, 0.3) is 0 Å². The molecule has 0 amide bonds. The Hall–Kier alpha value is -2.23. The zero-order valence-electron chi connectivity index (χ0n) is 16.2. The van der Waals surface area contributed by atoms with Crippen molar-refractivity contribution in [1.29, 1.82) is 0 Å². The van der Waals surface area contributed by atoms with Crippen molar-refractivity contribution in [2.24, 2.45) is 0 Å². The van der Waals surface area contributed by atoms with Gasteiger partial charge < -0.3 is 20.3 Å². The van der Waals surface area contributed by atoms with Crippen LogP contribution in [0.2, 0.25) is 0 Å². The molecular formula is C21H24F3N3O3. The lowest BCUT2D eigenvalue weighted by Gasteiger charge is -2.38. The van der Waals surface area contributed by atoms with Gasteiger partial charge >= 0.3 is 6.18 Å². The Morgan fingerprint density at radius 1 is 0.967 bits per heavy atom. The van der Waals surface area contributed by atoms with E-state index in [2.05, 4.69) is 15.3 Å². The van der Waals surface area contributed by atoms with Crippen molar-refractivity contribution in [3.63, 3.8) is 0 Å². The summed E-state index contributed by atoms with van der Waals surface area (Å²) < 4.78 is 44.2. The molecule has 1 saturated heterocycles. The molecule has 6 nitrogen and oxygen atoms in total. The first-order valence-corrected chi connectivity index (χ1v) is 10.1. The van der Waals surface area contributed by atoms with Gasteiger partial charge in [0.1, 0.15) is 24.0 Å². The van der Waals surface area contributed by atoms with Crippen molar-refractivity contribution in [1.82, 2.24) is 9.97 Å². The Kier molecular flexibility index (Phi) is 5.95. The van der Waals surface area contributed by atoms with Crippen LogP contribution in [0, 0.1) is 0 Å². The lowest BCUT2D eigenvalue weighted by molar-refractivity contribution is -0.143. The third kappa shape index (κ3) is 4.43. The number of nitrogens with zero attached hydrogens (tertiary/aromatic N) is 2. The molecule has 1 aliphatic carbocycles. The van der Waals surface area contributed by atoms with Gasteiger partial charge in [0, 0.05) is 6.20 Å². The second-order valence-corrected chi connectivity index (χ2v) is 7.90. The molecule has 3 N–H and O–H groups in total. The molecule has 0 unspecified atom stereocenters. The highest BCUT2D eigenvalue weighted by molar-refractivity contribution is 5.31. The fourth-order valence-electron chi connectivity index (χ4n) is 4.21. The number of alkyl halides is 3. The summed E-state index contributed by atoms with van der Waals surface area (Å²) >= 11 is 0. The second kappa shape index (κ2) is 8.49. The van der Waals surface area contributed by atoms with E-state index < -0.39 is 36.2 Å². The fourth-order valence-corrected chi connectivity index (χ4v) is 4.21. The van der Waals surface area contributed by atoms with E-state index in [9.17, 15) is 23.4 Å². The standard InChI is InChI=1S/C21H24F3N3O3/c22-21(23,24)16-9-10-25-20(27-16)26-15-11-30-19(18(29)17(15)28)14-7-5-13(6-8-14)12-3-1-2-4-12/h5-10,12,15,17-19,28-29H,1-4,11H2,(H,25,26,27)/t15-,17-,18-,19-/m1/s1. The number of ether oxygens (including phenoxy) is 1. The number of halogens is 3.